The minimum absolute atomic E-state index is 0.0867. The second-order valence-electron chi connectivity index (χ2n) is 8.14. The first-order valence-corrected chi connectivity index (χ1v) is 12.0. The summed E-state index contributed by atoms with van der Waals surface area (Å²) in [6.45, 7) is 5.87. The van der Waals surface area contributed by atoms with Gasteiger partial charge in [0, 0.05) is 5.69 Å². The molecule has 0 bridgehead atoms. The van der Waals surface area contributed by atoms with Crippen LogP contribution in [0.4, 0.5) is 5.69 Å². The van der Waals surface area contributed by atoms with Crippen LogP contribution in [0, 0.1) is 20.8 Å². The van der Waals surface area contributed by atoms with Crippen LogP contribution in [0.15, 0.2) is 77.7 Å². The van der Waals surface area contributed by atoms with E-state index in [1.165, 1.54) is 4.31 Å². The van der Waals surface area contributed by atoms with E-state index >= 15 is 0 Å². The van der Waals surface area contributed by atoms with Gasteiger partial charge in [-0.15, -0.1) is 0 Å². The Bertz CT molecular complexity index is 1340. The van der Waals surface area contributed by atoms with E-state index in [0.717, 1.165) is 27.7 Å². The molecule has 4 rings (SSSR count). The molecule has 0 saturated carbocycles. The third kappa shape index (κ3) is 4.54. The van der Waals surface area contributed by atoms with Gasteiger partial charge in [-0.25, -0.2) is 8.42 Å². The summed E-state index contributed by atoms with van der Waals surface area (Å²) in [6, 6.07) is 21.9. The van der Waals surface area contributed by atoms with E-state index in [-0.39, 0.29) is 18.0 Å². The average Bonchev–Trinajstić information content (AvgIpc) is 3.08. The predicted molar refractivity (Wildman–Crippen MR) is 127 cm³/mol. The van der Waals surface area contributed by atoms with Gasteiger partial charge in [0.25, 0.3) is 10.0 Å². The molecule has 0 aliphatic rings. The van der Waals surface area contributed by atoms with Gasteiger partial charge in [-0.3, -0.25) is 8.99 Å². The van der Waals surface area contributed by atoms with Gasteiger partial charge in [0.05, 0.1) is 35.5 Å². The molecule has 0 radical (unpaired) electrons. The number of aromatic nitrogens is 2. The van der Waals surface area contributed by atoms with Crippen molar-refractivity contribution in [1.82, 2.24) is 9.78 Å². The van der Waals surface area contributed by atoms with E-state index in [9.17, 15) is 13.5 Å². The first-order valence-electron chi connectivity index (χ1n) is 10.5. The van der Waals surface area contributed by atoms with Crippen LogP contribution >= 0.6 is 0 Å². The van der Waals surface area contributed by atoms with Gasteiger partial charge in [-0.05, 0) is 61.9 Å². The van der Waals surface area contributed by atoms with Gasteiger partial charge in [0.15, 0.2) is 0 Å². The Labute approximate surface area is 188 Å². The number of hydrogen-bond acceptors (Lipinski definition) is 4. The van der Waals surface area contributed by atoms with Crippen molar-refractivity contribution in [3.8, 4) is 0 Å². The number of nitrogens with zero attached hydrogens (tertiary/aromatic N) is 3. The van der Waals surface area contributed by atoms with Gasteiger partial charge < -0.3 is 5.11 Å². The fraction of sp³-hybridized carbons (Fsp3) is 0.240. The fourth-order valence-corrected chi connectivity index (χ4v) is 5.35. The lowest BCUT2D eigenvalue weighted by Gasteiger charge is -2.27. The third-order valence-corrected chi connectivity index (χ3v) is 7.28. The SMILES string of the molecule is Cc1ccc(N(C[C@@H](O)Cn2nc(C)cc2C)S(=O)(=O)c2ccc3ccccc3c2)cc1. The van der Waals surface area contributed by atoms with Gasteiger partial charge in [-0.1, -0.05) is 48.0 Å². The number of fused-ring (bicyclic) bond motifs is 1. The molecule has 0 spiro atoms. The van der Waals surface area contributed by atoms with E-state index < -0.39 is 16.1 Å². The van der Waals surface area contributed by atoms with E-state index in [4.69, 9.17) is 0 Å². The maximum absolute atomic E-state index is 13.7. The van der Waals surface area contributed by atoms with Gasteiger partial charge >= 0.3 is 0 Å². The van der Waals surface area contributed by atoms with Crippen LogP contribution in [0.2, 0.25) is 0 Å². The Hall–Kier alpha value is -3.16. The Morgan fingerprint density at radius 2 is 1.62 bits per heavy atom. The molecule has 0 aliphatic heterocycles. The number of rotatable bonds is 7. The number of aliphatic hydroxyl groups excluding tert-OH is 1. The summed E-state index contributed by atoms with van der Waals surface area (Å²) in [5.74, 6) is 0. The Morgan fingerprint density at radius 3 is 2.28 bits per heavy atom. The van der Waals surface area contributed by atoms with Crippen molar-refractivity contribution < 1.29 is 13.5 Å². The average molecular weight is 450 g/mol. The zero-order valence-electron chi connectivity index (χ0n) is 18.4. The van der Waals surface area contributed by atoms with E-state index in [1.54, 1.807) is 28.9 Å². The Balaban J connectivity index is 1.70. The Kier molecular flexibility index (Phi) is 6.04. The third-order valence-electron chi connectivity index (χ3n) is 5.49. The van der Waals surface area contributed by atoms with Crippen LogP contribution < -0.4 is 4.31 Å². The number of aryl methyl sites for hydroxylation is 3. The normalized spacial score (nSPS) is 12.8. The number of anilines is 1. The summed E-state index contributed by atoms with van der Waals surface area (Å²) in [4.78, 5) is 0.190. The zero-order chi connectivity index (χ0) is 22.9. The molecule has 0 unspecified atom stereocenters. The lowest BCUT2D eigenvalue weighted by Crippen LogP contribution is -2.39. The summed E-state index contributed by atoms with van der Waals surface area (Å²) >= 11 is 0. The molecule has 166 valence electrons. The Morgan fingerprint density at radius 1 is 0.938 bits per heavy atom. The molecular weight excluding hydrogens is 422 g/mol. The molecular formula is C25H27N3O3S. The van der Waals surface area contributed by atoms with E-state index in [1.807, 2.05) is 69.3 Å². The molecule has 32 heavy (non-hydrogen) atoms. The van der Waals surface area contributed by atoms with Crippen LogP contribution in [0.5, 0.6) is 0 Å². The van der Waals surface area contributed by atoms with Gasteiger partial charge in [0.2, 0.25) is 0 Å². The maximum Gasteiger partial charge on any atom is 0.264 e. The minimum atomic E-state index is -3.91. The fourth-order valence-electron chi connectivity index (χ4n) is 3.82. The van der Waals surface area contributed by atoms with E-state index in [0.29, 0.717) is 5.69 Å². The second-order valence-corrected chi connectivity index (χ2v) is 10.0. The number of aliphatic hydroxyl groups is 1. The zero-order valence-corrected chi connectivity index (χ0v) is 19.2. The standard InChI is InChI=1S/C25H27N3O3S/c1-18-8-11-23(12-9-18)28(17-24(29)16-27-20(3)14-19(2)26-27)32(30,31)25-13-10-21-6-4-5-7-22(21)15-25/h4-15,24,29H,16-17H2,1-3H3/t24-/m0/s1. The summed E-state index contributed by atoms with van der Waals surface area (Å²) in [6.07, 6.45) is -0.940. The molecule has 4 aromatic rings. The molecule has 1 atom stereocenters. The van der Waals surface area contributed by atoms with Crippen LogP contribution in [0.1, 0.15) is 17.0 Å². The summed E-state index contributed by atoms with van der Waals surface area (Å²) in [5.41, 5.74) is 3.31. The molecule has 6 nitrogen and oxygen atoms in total. The number of sulfonamides is 1. The highest BCUT2D eigenvalue weighted by Gasteiger charge is 2.28. The first kappa shape index (κ1) is 22.0. The molecule has 3 aromatic carbocycles. The maximum atomic E-state index is 13.7. The van der Waals surface area contributed by atoms with Gasteiger partial charge in [0.1, 0.15) is 0 Å². The second kappa shape index (κ2) is 8.76. The van der Waals surface area contributed by atoms with Crippen molar-refractivity contribution in [2.24, 2.45) is 0 Å². The van der Waals surface area contributed by atoms with Crippen LogP contribution in [-0.2, 0) is 16.6 Å². The highest BCUT2D eigenvalue weighted by Crippen LogP contribution is 2.27. The molecule has 1 aromatic heterocycles. The minimum Gasteiger partial charge on any atom is -0.389 e. The summed E-state index contributed by atoms with van der Waals surface area (Å²) in [5, 5.41) is 17.0. The van der Waals surface area contributed by atoms with Crippen molar-refractivity contribution in [2.75, 3.05) is 10.8 Å². The largest absolute Gasteiger partial charge is 0.389 e. The lowest BCUT2D eigenvalue weighted by molar-refractivity contribution is 0.157. The molecule has 7 heteroatoms. The van der Waals surface area contributed by atoms with Gasteiger partial charge in [-0.2, -0.15) is 5.10 Å². The number of benzene rings is 3. The summed E-state index contributed by atoms with van der Waals surface area (Å²) in [7, 11) is -3.91. The van der Waals surface area contributed by atoms with Crippen LogP contribution in [-0.4, -0.2) is 36.0 Å². The highest BCUT2D eigenvalue weighted by atomic mass is 32.2. The summed E-state index contributed by atoms with van der Waals surface area (Å²) < 4.78 is 30.4. The van der Waals surface area contributed by atoms with Crippen molar-refractivity contribution in [3.05, 3.63) is 89.7 Å². The smallest absolute Gasteiger partial charge is 0.264 e. The topological polar surface area (TPSA) is 75.4 Å². The van der Waals surface area contributed by atoms with Crippen LogP contribution in [0.25, 0.3) is 10.8 Å². The first-order chi connectivity index (χ1) is 15.2. The number of hydrogen-bond donors (Lipinski definition) is 1. The van der Waals surface area contributed by atoms with E-state index in [2.05, 4.69) is 5.10 Å². The van der Waals surface area contributed by atoms with Crippen molar-refractivity contribution >= 4 is 26.5 Å². The van der Waals surface area contributed by atoms with Crippen LogP contribution in [0.3, 0.4) is 0 Å². The molecule has 0 saturated heterocycles. The highest BCUT2D eigenvalue weighted by molar-refractivity contribution is 7.92. The monoisotopic (exact) mass is 449 g/mol. The predicted octanol–water partition coefficient (Wildman–Crippen LogP) is 4.22. The van der Waals surface area contributed by atoms with Crippen molar-refractivity contribution in [2.45, 2.75) is 38.3 Å². The quantitative estimate of drug-likeness (QED) is 0.458. The molecule has 1 N–H and O–H groups in total. The van der Waals surface area contributed by atoms with Crippen molar-refractivity contribution in [3.63, 3.8) is 0 Å². The molecule has 0 aliphatic carbocycles. The molecule has 0 amide bonds. The molecule has 1 heterocycles. The van der Waals surface area contributed by atoms with Crippen molar-refractivity contribution in [1.29, 1.82) is 0 Å². The molecule has 0 fully saturated rings. The lowest BCUT2D eigenvalue weighted by atomic mass is 10.1.